The van der Waals surface area contributed by atoms with Gasteiger partial charge in [0, 0.05) is 29.8 Å². The van der Waals surface area contributed by atoms with Gasteiger partial charge in [0.25, 0.3) is 11.8 Å². The summed E-state index contributed by atoms with van der Waals surface area (Å²) >= 11 is 0. The van der Waals surface area contributed by atoms with Gasteiger partial charge in [-0.2, -0.15) is 0 Å². The highest BCUT2D eigenvalue weighted by Gasteiger charge is 2.45. The van der Waals surface area contributed by atoms with Crippen LogP contribution in [0.4, 0.5) is 5.69 Å². The van der Waals surface area contributed by atoms with E-state index in [0.717, 1.165) is 5.56 Å². The molecule has 0 radical (unpaired) electrons. The highest BCUT2D eigenvalue weighted by Crippen LogP contribution is 2.32. The van der Waals surface area contributed by atoms with Crippen LogP contribution >= 0.6 is 0 Å². The summed E-state index contributed by atoms with van der Waals surface area (Å²) in [5, 5.41) is 0. The smallest absolute Gasteiger partial charge is 0.255 e. The molecule has 0 bridgehead atoms. The normalized spacial score (nSPS) is 21.9. The van der Waals surface area contributed by atoms with E-state index in [9.17, 15) is 14.4 Å². The predicted octanol–water partition coefficient (Wildman–Crippen LogP) is 1.54. The molecule has 2 heterocycles. The van der Waals surface area contributed by atoms with Gasteiger partial charge in [-0.3, -0.25) is 19.3 Å². The fourth-order valence-electron chi connectivity index (χ4n) is 3.38. The maximum atomic E-state index is 12.8. The van der Waals surface area contributed by atoms with Crippen molar-refractivity contribution in [2.45, 2.75) is 51.7 Å². The van der Waals surface area contributed by atoms with E-state index in [1.807, 2.05) is 20.8 Å². The van der Waals surface area contributed by atoms with Gasteiger partial charge in [-0.25, -0.2) is 0 Å². The lowest BCUT2D eigenvalue weighted by molar-refractivity contribution is -0.158. The van der Waals surface area contributed by atoms with Crippen LogP contribution in [-0.4, -0.2) is 39.1 Å². The van der Waals surface area contributed by atoms with Gasteiger partial charge < -0.3 is 10.6 Å². The van der Waals surface area contributed by atoms with Crippen molar-refractivity contribution in [3.63, 3.8) is 0 Å². The number of benzene rings is 1. The van der Waals surface area contributed by atoms with Crippen LogP contribution in [0.3, 0.4) is 0 Å². The molecule has 6 nitrogen and oxygen atoms in total. The first-order valence-electron chi connectivity index (χ1n) is 7.76. The van der Waals surface area contributed by atoms with Crippen LogP contribution in [0.2, 0.25) is 0 Å². The van der Waals surface area contributed by atoms with Gasteiger partial charge in [-0.05, 0) is 51.0 Å². The maximum absolute atomic E-state index is 12.8. The summed E-state index contributed by atoms with van der Waals surface area (Å²) in [5.41, 5.74) is 7.21. The topological polar surface area (TPSA) is 83.7 Å². The zero-order chi connectivity index (χ0) is 16.9. The first-order valence-corrected chi connectivity index (χ1v) is 7.76. The first-order chi connectivity index (χ1) is 10.7. The summed E-state index contributed by atoms with van der Waals surface area (Å²) in [7, 11) is 0. The molecule has 23 heavy (non-hydrogen) atoms. The summed E-state index contributed by atoms with van der Waals surface area (Å²) in [6, 6.07) is 4.57. The third-order valence-corrected chi connectivity index (χ3v) is 4.39. The minimum atomic E-state index is -0.590. The molecule has 3 rings (SSSR count). The number of amides is 3. The molecule has 1 saturated heterocycles. The van der Waals surface area contributed by atoms with Crippen LogP contribution < -0.4 is 5.73 Å². The molecule has 1 atom stereocenters. The molecule has 1 fully saturated rings. The van der Waals surface area contributed by atoms with E-state index in [0.29, 0.717) is 24.2 Å². The number of imide groups is 1. The molecule has 0 saturated carbocycles. The second kappa shape index (κ2) is 5.08. The Bertz CT molecular complexity index is 706. The van der Waals surface area contributed by atoms with Crippen LogP contribution in [-0.2, 0) is 16.1 Å². The van der Waals surface area contributed by atoms with Crippen molar-refractivity contribution in [3.05, 3.63) is 29.3 Å². The number of hydrogen-bond donors (Lipinski definition) is 1. The number of nitrogens with zero attached hydrogens (tertiary/aromatic N) is 2. The maximum Gasteiger partial charge on any atom is 0.255 e. The van der Waals surface area contributed by atoms with Crippen LogP contribution in [0.15, 0.2) is 18.2 Å². The molecule has 122 valence electrons. The van der Waals surface area contributed by atoms with Gasteiger partial charge in [-0.15, -0.1) is 0 Å². The van der Waals surface area contributed by atoms with E-state index in [-0.39, 0.29) is 24.1 Å². The molecule has 0 aliphatic carbocycles. The summed E-state index contributed by atoms with van der Waals surface area (Å²) in [5.74, 6) is -0.628. The van der Waals surface area contributed by atoms with Crippen molar-refractivity contribution in [2.75, 3.05) is 5.73 Å². The average Bonchev–Trinajstić information content (AvgIpc) is 2.74. The molecule has 1 aromatic rings. The van der Waals surface area contributed by atoms with Gasteiger partial charge in [0.2, 0.25) is 5.91 Å². The summed E-state index contributed by atoms with van der Waals surface area (Å²) in [6.07, 6.45) is 0.648. The molecule has 0 spiro atoms. The van der Waals surface area contributed by atoms with E-state index in [4.69, 9.17) is 5.73 Å². The molecular weight excluding hydrogens is 294 g/mol. The first kappa shape index (κ1) is 15.5. The van der Waals surface area contributed by atoms with Gasteiger partial charge in [0.15, 0.2) is 0 Å². The molecule has 0 aromatic heterocycles. The number of likely N-dealkylation sites (tertiary alicyclic amines) is 1. The standard InChI is InChI=1S/C17H21N3O3/c1-17(2,3)20-14(21)7-6-13(16(20)23)19-9-10-8-11(18)4-5-12(10)15(19)22/h4-5,8,13H,6-7,9,18H2,1-3H3. The molecule has 2 N–H and O–H groups in total. The number of rotatable bonds is 1. The monoisotopic (exact) mass is 315 g/mol. The van der Waals surface area contributed by atoms with E-state index < -0.39 is 11.6 Å². The minimum Gasteiger partial charge on any atom is -0.399 e. The fourth-order valence-corrected chi connectivity index (χ4v) is 3.38. The van der Waals surface area contributed by atoms with Crippen LogP contribution in [0.1, 0.15) is 49.5 Å². The molecular formula is C17H21N3O3. The zero-order valence-electron chi connectivity index (χ0n) is 13.6. The van der Waals surface area contributed by atoms with E-state index in [1.54, 1.807) is 23.1 Å². The largest absolute Gasteiger partial charge is 0.399 e. The van der Waals surface area contributed by atoms with Crippen molar-refractivity contribution < 1.29 is 14.4 Å². The van der Waals surface area contributed by atoms with Gasteiger partial charge in [0.05, 0.1) is 0 Å². The van der Waals surface area contributed by atoms with E-state index in [1.165, 1.54) is 4.90 Å². The second-order valence-electron chi connectivity index (χ2n) is 7.14. The molecule has 3 amide bonds. The minimum absolute atomic E-state index is 0.165. The number of fused-ring (bicyclic) bond motifs is 1. The number of hydrogen-bond acceptors (Lipinski definition) is 4. The highest BCUT2D eigenvalue weighted by atomic mass is 16.2. The number of nitrogens with two attached hydrogens (primary N) is 1. The Morgan fingerprint density at radius 3 is 2.52 bits per heavy atom. The van der Waals surface area contributed by atoms with Crippen molar-refractivity contribution in [1.29, 1.82) is 0 Å². The quantitative estimate of drug-likeness (QED) is 0.629. The Hall–Kier alpha value is -2.37. The van der Waals surface area contributed by atoms with Crippen LogP contribution in [0.5, 0.6) is 0 Å². The van der Waals surface area contributed by atoms with Crippen LogP contribution in [0, 0.1) is 0 Å². The Balaban J connectivity index is 1.90. The average molecular weight is 315 g/mol. The third kappa shape index (κ3) is 2.48. The lowest BCUT2D eigenvalue weighted by Crippen LogP contribution is -2.60. The van der Waals surface area contributed by atoms with E-state index >= 15 is 0 Å². The summed E-state index contributed by atoms with van der Waals surface area (Å²) < 4.78 is 0. The Kier molecular flexibility index (Phi) is 3.43. The molecule has 2 aliphatic rings. The molecule has 6 heteroatoms. The molecule has 1 aromatic carbocycles. The fraction of sp³-hybridized carbons (Fsp3) is 0.471. The third-order valence-electron chi connectivity index (χ3n) is 4.39. The number of carbonyl (C=O) groups excluding carboxylic acids is 3. The predicted molar refractivity (Wildman–Crippen MR) is 85.4 cm³/mol. The van der Waals surface area contributed by atoms with Crippen LogP contribution in [0.25, 0.3) is 0 Å². The van der Waals surface area contributed by atoms with Crippen molar-refractivity contribution >= 4 is 23.4 Å². The number of nitrogen functional groups attached to an aromatic ring is 1. The molecule has 1 unspecified atom stereocenters. The lowest BCUT2D eigenvalue weighted by Gasteiger charge is -2.41. The van der Waals surface area contributed by atoms with Gasteiger partial charge >= 0.3 is 0 Å². The molecule has 2 aliphatic heterocycles. The van der Waals surface area contributed by atoms with Gasteiger partial charge in [-0.1, -0.05) is 0 Å². The number of piperidine rings is 1. The van der Waals surface area contributed by atoms with Crippen molar-refractivity contribution in [3.8, 4) is 0 Å². The zero-order valence-corrected chi connectivity index (χ0v) is 13.6. The van der Waals surface area contributed by atoms with Crippen molar-refractivity contribution in [2.24, 2.45) is 0 Å². The van der Waals surface area contributed by atoms with Gasteiger partial charge in [0.1, 0.15) is 6.04 Å². The SMILES string of the molecule is CC(C)(C)N1C(=O)CCC(N2Cc3cc(N)ccc3C2=O)C1=O. The Morgan fingerprint density at radius 2 is 1.87 bits per heavy atom. The Labute approximate surface area is 135 Å². The number of carbonyl (C=O) groups is 3. The highest BCUT2D eigenvalue weighted by molar-refractivity contribution is 6.06. The Morgan fingerprint density at radius 1 is 1.17 bits per heavy atom. The summed E-state index contributed by atoms with van der Waals surface area (Å²) in [6.45, 7) is 5.84. The second-order valence-corrected chi connectivity index (χ2v) is 7.14. The summed E-state index contributed by atoms with van der Waals surface area (Å²) in [4.78, 5) is 40.4. The van der Waals surface area contributed by atoms with E-state index in [2.05, 4.69) is 0 Å². The van der Waals surface area contributed by atoms with Crippen molar-refractivity contribution in [1.82, 2.24) is 9.80 Å². The number of anilines is 1. The lowest BCUT2D eigenvalue weighted by atomic mass is 9.96.